The van der Waals surface area contributed by atoms with Crippen LogP contribution in [0.25, 0.3) is 0 Å². The van der Waals surface area contributed by atoms with E-state index in [0.29, 0.717) is 18.4 Å². The van der Waals surface area contributed by atoms with Crippen molar-refractivity contribution in [1.29, 1.82) is 0 Å². The lowest BCUT2D eigenvalue weighted by molar-refractivity contribution is -0.131. The fourth-order valence-electron chi connectivity index (χ4n) is 2.70. The number of likely N-dealkylation sites (N-methyl/N-ethyl adjacent to an activating group) is 1. The van der Waals surface area contributed by atoms with E-state index in [2.05, 4.69) is 14.9 Å². The van der Waals surface area contributed by atoms with Crippen molar-refractivity contribution in [1.82, 2.24) is 14.5 Å². The van der Waals surface area contributed by atoms with E-state index in [1.54, 1.807) is 12.1 Å². The molecule has 0 spiro atoms. The molecular weight excluding hydrogens is 435 g/mol. The number of hydrogen-bond acceptors (Lipinski definition) is 3. The van der Waals surface area contributed by atoms with Crippen molar-refractivity contribution >= 4 is 47.6 Å². The Morgan fingerprint density at radius 3 is 2.44 bits per heavy atom. The van der Waals surface area contributed by atoms with Gasteiger partial charge in [-0.1, -0.05) is 0 Å². The highest BCUT2D eigenvalue weighted by Gasteiger charge is 2.27. The Bertz CT molecular complexity index is 665. The van der Waals surface area contributed by atoms with E-state index in [1.807, 2.05) is 24.1 Å². The number of esters is 1. The zero-order valence-corrected chi connectivity index (χ0v) is 16.9. The molecule has 2 saturated heterocycles. The van der Waals surface area contributed by atoms with Crippen LogP contribution in [0, 0.1) is 0 Å². The number of anilines is 1. The van der Waals surface area contributed by atoms with Gasteiger partial charge in [-0.15, -0.1) is 24.0 Å². The summed E-state index contributed by atoms with van der Waals surface area (Å²) in [6.07, 6.45) is 2.33. The Hall–Kier alpha value is -1.93. The van der Waals surface area contributed by atoms with Crippen molar-refractivity contribution in [3.63, 3.8) is 0 Å². The minimum atomic E-state index is -0.326. The largest absolute Gasteiger partial charge is 0.454 e. The Labute approximate surface area is 164 Å². The molecule has 136 valence electrons. The molecule has 2 aliphatic heterocycles. The SMILES string of the molecule is CC(=O)Oc1ccc(NC(=[N+]=C2OCCN2C)N2CCCC2)cc1.I. The number of nitrogens with zero attached hydrogens (tertiary/aromatic N) is 3. The van der Waals surface area contributed by atoms with Crippen LogP contribution in [0.2, 0.25) is 0 Å². The predicted octanol–water partition coefficient (Wildman–Crippen LogP) is 1.48. The zero-order valence-electron chi connectivity index (χ0n) is 14.5. The lowest BCUT2D eigenvalue weighted by Crippen LogP contribution is -2.38. The summed E-state index contributed by atoms with van der Waals surface area (Å²) in [5.74, 6) is 0.991. The van der Waals surface area contributed by atoms with Crippen LogP contribution in [-0.2, 0) is 9.53 Å². The maximum Gasteiger partial charge on any atom is 0.454 e. The normalized spacial score (nSPS) is 16.0. The van der Waals surface area contributed by atoms with E-state index in [1.165, 1.54) is 6.92 Å². The van der Waals surface area contributed by atoms with Crippen molar-refractivity contribution in [3.8, 4) is 5.75 Å². The molecule has 2 fully saturated rings. The topological polar surface area (TPSA) is 68.1 Å². The van der Waals surface area contributed by atoms with Crippen LogP contribution < -0.4 is 14.7 Å². The monoisotopic (exact) mass is 459 g/mol. The summed E-state index contributed by atoms with van der Waals surface area (Å²) in [5, 5.41) is 3.36. The number of benzene rings is 1. The molecule has 7 nitrogen and oxygen atoms in total. The molecule has 25 heavy (non-hydrogen) atoms. The van der Waals surface area contributed by atoms with Gasteiger partial charge in [0.05, 0.1) is 25.3 Å². The van der Waals surface area contributed by atoms with E-state index >= 15 is 0 Å². The number of nitrogens with one attached hydrogen (secondary N) is 1. The third-order valence-corrected chi connectivity index (χ3v) is 3.96. The molecule has 0 unspecified atom stereocenters. The summed E-state index contributed by atoms with van der Waals surface area (Å²) in [5.41, 5.74) is 0.887. The van der Waals surface area contributed by atoms with Crippen molar-refractivity contribution in [3.05, 3.63) is 24.3 Å². The summed E-state index contributed by atoms with van der Waals surface area (Å²) < 4.78 is 15.3. The third-order valence-electron chi connectivity index (χ3n) is 3.96. The molecule has 0 atom stereocenters. The number of ether oxygens (including phenoxy) is 2. The molecule has 8 heteroatoms. The van der Waals surface area contributed by atoms with Crippen molar-refractivity contribution in [2.75, 3.05) is 38.6 Å². The Morgan fingerprint density at radius 1 is 1.20 bits per heavy atom. The number of carbonyl (C=O) groups excluding carboxylic acids is 1. The molecule has 0 aromatic heterocycles. The molecule has 0 amide bonds. The predicted molar refractivity (Wildman–Crippen MR) is 108 cm³/mol. The van der Waals surface area contributed by atoms with E-state index in [9.17, 15) is 4.79 Å². The second kappa shape index (κ2) is 8.96. The number of likely N-dealkylation sites (tertiary alicyclic amines) is 1. The van der Waals surface area contributed by atoms with Crippen LogP contribution in [0.3, 0.4) is 0 Å². The van der Waals surface area contributed by atoms with Gasteiger partial charge >= 0.3 is 18.0 Å². The van der Waals surface area contributed by atoms with Crippen LogP contribution in [0.1, 0.15) is 19.8 Å². The lowest BCUT2D eigenvalue weighted by Gasteiger charge is -2.13. The molecule has 0 aliphatic carbocycles. The molecule has 2 heterocycles. The first kappa shape index (κ1) is 19.4. The lowest BCUT2D eigenvalue weighted by atomic mass is 10.3. The summed E-state index contributed by atoms with van der Waals surface area (Å²) in [4.78, 5) is 15.2. The van der Waals surface area contributed by atoms with Crippen LogP contribution in [-0.4, -0.2) is 61.0 Å². The molecule has 3 rings (SSSR count). The summed E-state index contributed by atoms with van der Waals surface area (Å²) >= 11 is 0. The maximum atomic E-state index is 11.0. The Kier molecular flexibility index (Phi) is 6.95. The van der Waals surface area contributed by atoms with Gasteiger partial charge in [0.25, 0.3) is 0 Å². The first-order valence-corrected chi connectivity index (χ1v) is 8.22. The fraction of sp³-hybridized carbons (Fsp3) is 0.471. The van der Waals surface area contributed by atoms with Crippen LogP contribution >= 0.6 is 24.0 Å². The molecule has 1 aromatic carbocycles. The van der Waals surface area contributed by atoms with Crippen LogP contribution in [0.15, 0.2) is 24.3 Å². The third kappa shape index (κ3) is 5.27. The molecule has 2 aliphatic rings. The van der Waals surface area contributed by atoms with E-state index in [-0.39, 0.29) is 29.9 Å². The standard InChI is InChI=1S/C17H22N4O3.HI/c1-13(22)24-15-7-5-14(6-8-15)18-16(21-9-3-4-10-21)19-17-20(2)11-12-23-17;/h5-8H,3-4,9-12H2,1-2H3;1H/p+1. The Balaban J connectivity index is 0.00000225. The quantitative estimate of drug-likeness (QED) is 0.181. The van der Waals surface area contributed by atoms with E-state index in [4.69, 9.17) is 9.47 Å². The second-order valence-electron chi connectivity index (χ2n) is 5.93. The number of guanidine groups is 1. The molecule has 1 N–H and O–H groups in total. The minimum Gasteiger partial charge on any atom is -0.434 e. The van der Waals surface area contributed by atoms with Crippen LogP contribution in [0.4, 0.5) is 5.69 Å². The minimum absolute atomic E-state index is 0. The highest BCUT2D eigenvalue weighted by Crippen LogP contribution is 2.17. The van der Waals surface area contributed by atoms with Crippen molar-refractivity contribution in [2.45, 2.75) is 19.8 Å². The smallest absolute Gasteiger partial charge is 0.434 e. The molecular formula is C17H24IN4O3+. The number of hydrogen-bond donors (Lipinski definition) is 1. The molecule has 0 saturated carbocycles. The van der Waals surface area contributed by atoms with Crippen LogP contribution in [0.5, 0.6) is 5.75 Å². The first-order chi connectivity index (χ1) is 11.6. The first-order valence-electron chi connectivity index (χ1n) is 8.22. The van der Waals surface area contributed by atoms with E-state index < -0.39 is 0 Å². The van der Waals surface area contributed by atoms with Gasteiger partial charge in [0.15, 0.2) is 0 Å². The van der Waals surface area contributed by atoms with Gasteiger partial charge in [-0.3, -0.25) is 19.9 Å². The fourth-order valence-corrected chi connectivity index (χ4v) is 2.70. The number of halogens is 1. The molecule has 0 bridgehead atoms. The van der Waals surface area contributed by atoms with Crippen molar-refractivity contribution in [2.24, 2.45) is 0 Å². The summed E-state index contributed by atoms with van der Waals surface area (Å²) in [6.45, 7) is 4.87. The zero-order chi connectivity index (χ0) is 16.9. The average molecular weight is 459 g/mol. The average Bonchev–Trinajstić information content (AvgIpc) is 3.20. The van der Waals surface area contributed by atoms with Gasteiger partial charge in [0.1, 0.15) is 12.4 Å². The molecule has 1 aromatic rings. The van der Waals surface area contributed by atoms with Crippen molar-refractivity contribution < 1.29 is 14.3 Å². The van der Waals surface area contributed by atoms with Gasteiger partial charge in [0.2, 0.25) is 0 Å². The molecule has 0 radical (unpaired) electrons. The highest BCUT2D eigenvalue weighted by atomic mass is 127. The van der Waals surface area contributed by atoms with Gasteiger partial charge < -0.3 is 9.47 Å². The highest BCUT2D eigenvalue weighted by molar-refractivity contribution is 14.0. The van der Waals surface area contributed by atoms with Gasteiger partial charge in [-0.05, 0) is 37.1 Å². The maximum absolute atomic E-state index is 11.0. The van der Waals surface area contributed by atoms with Gasteiger partial charge in [0, 0.05) is 14.0 Å². The van der Waals surface area contributed by atoms with E-state index in [0.717, 1.165) is 44.1 Å². The number of amidine groups is 1. The van der Waals surface area contributed by atoms with Gasteiger partial charge in [-0.25, -0.2) is 4.67 Å². The second-order valence-corrected chi connectivity index (χ2v) is 5.93. The van der Waals surface area contributed by atoms with Gasteiger partial charge in [-0.2, -0.15) is 0 Å². The summed E-state index contributed by atoms with van der Waals surface area (Å²) in [6, 6.07) is 7.90. The number of rotatable bonds is 2. The Morgan fingerprint density at radius 2 is 1.88 bits per heavy atom. The summed E-state index contributed by atoms with van der Waals surface area (Å²) in [7, 11) is 1.97. The number of carbonyl (C=O) groups is 1.